The summed E-state index contributed by atoms with van der Waals surface area (Å²) in [6.07, 6.45) is 0. The van der Waals surface area contributed by atoms with Gasteiger partial charge < -0.3 is 9.84 Å². The van der Waals surface area contributed by atoms with Crippen molar-refractivity contribution in [3.8, 4) is 22.6 Å². The summed E-state index contributed by atoms with van der Waals surface area (Å²) in [7, 11) is 1.50. The fourth-order valence-electron chi connectivity index (χ4n) is 1.57. The van der Waals surface area contributed by atoms with Crippen molar-refractivity contribution in [2.75, 3.05) is 7.11 Å². The summed E-state index contributed by atoms with van der Waals surface area (Å²) < 4.78 is 5.05. The Labute approximate surface area is 109 Å². The molecule has 0 radical (unpaired) electrons. The van der Waals surface area contributed by atoms with Crippen LogP contribution in [-0.4, -0.2) is 12.2 Å². The predicted molar refractivity (Wildman–Crippen MR) is 70.1 cm³/mol. The number of hydrogen-bond donors (Lipinski definition) is 1. The molecule has 1 N–H and O–H groups in total. The number of methoxy groups -OCH3 is 1. The molecule has 2 nitrogen and oxygen atoms in total. The lowest BCUT2D eigenvalue weighted by Gasteiger charge is -2.09. The standard InChI is InChI=1S/C13H10Cl2O2/c1-17-12-7-8(5-6-11(12)16)9-3-2-4-10(14)13(9)15/h2-7,16H,1H3. The summed E-state index contributed by atoms with van der Waals surface area (Å²) in [4.78, 5) is 0. The van der Waals surface area contributed by atoms with Crippen LogP contribution in [0.1, 0.15) is 0 Å². The van der Waals surface area contributed by atoms with E-state index in [0.717, 1.165) is 11.1 Å². The minimum Gasteiger partial charge on any atom is -0.504 e. The van der Waals surface area contributed by atoms with Gasteiger partial charge in [-0.25, -0.2) is 0 Å². The molecule has 0 aliphatic carbocycles. The van der Waals surface area contributed by atoms with Gasteiger partial charge in [-0.2, -0.15) is 0 Å². The summed E-state index contributed by atoms with van der Waals surface area (Å²) >= 11 is 12.1. The minimum absolute atomic E-state index is 0.0920. The molecule has 2 aromatic rings. The summed E-state index contributed by atoms with van der Waals surface area (Å²) in [6, 6.07) is 10.4. The van der Waals surface area contributed by atoms with Crippen LogP contribution in [0.3, 0.4) is 0 Å². The normalized spacial score (nSPS) is 10.3. The molecule has 0 aliphatic rings. The Balaban J connectivity index is 2.57. The Hall–Kier alpha value is -1.38. The highest BCUT2D eigenvalue weighted by molar-refractivity contribution is 6.43. The molecule has 0 atom stereocenters. The molecule has 2 rings (SSSR count). The highest BCUT2D eigenvalue weighted by Crippen LogP contribution is 2.37. The molecule has 0 amide bonds. The lowest BCUT2D eigenvalue weighted by molar-refractivity contribution is 0.373. The van der Waals surface area contributed by atoms with Gasteiger partial charge in [0.25, 0.3) is 0 Å². The summed E-state index contributed by atoms with van der Waals surface area (Å²) in [6.45, 7) is 0. The van der Waals surface area contributed by atoms with Gasteiger partial charge in [0.05, 0.1) is 17.2 Å². The Morgan fingerprint density at radius 3 is 2.59 bits per heavy atom. The smallest absolute Gasteiger partial charge is 0.161 e. The van der Waals surface area contributed by atoms with Gasteiger partial charge in [-0.15, -0.1) is 0 Å². The summed E-state index contributed by atoms with van der Waals surface area (Å²) in [5.74, 6) is 0.493. The van der Waals surface area contributed by atoms with Gasteiger partial charge in [0, 0.05) is 5.56 Å². The Morgan fingerprint density at radius 1 is 1.12 bits per heavy atom. The second kappa shape index (κ2) is 4.86. The fraction of sp³-hybridized carbons (Fsp3) is 0.0769. The molecule has 0 saturated heterocycles. The molecular weight excluding hydrogens is 259 g/mol. The van der Waals surface area contributed by atoms with Gasteiger partial charge in [0.15, 0.2) is 11.5 Å². The molecule has 0 aliphatic heterocycles. The number of ether oxygens (including phenoxy) is 1. The highest BCUT2D eigenvalue weighted by Gasteiger charge is 2.09. The van der Waals surface area contributed by atoms with E-state index >= 15 is 0 Å². The zero-order chi connectivity index (χ0) is 12.4. The van der Waals surface area contributed by atoms with Crippen molar-refractivity contribution in [3.05, 3.63) is 46.4 Å². The molecule has 17 heavy (non-hydrogen) atoms. The third kappa shape index (κ3) is 2.33. The molecule has 4 heteroatoms. The first kappa shape index (κ1) is 12.1. The number of phenolic OH excluding ortho intramolecular Hbond substituents is 1. The third-order valence-corrected chi connectivity index (χ3v) is 3.26. The van der Waals surface area contributed by atoms with E-state index < -0.39 is 0 Å². The lowest BCUT2D eigenvalue weighted by Crippen LogP contribution is -1.86. The van der Waals surface area contributed by atoms with E-state index in [9.17, 15) is 5.11 Å². The molecule has 0 unspecified atom stereocenters. The summed E-state index contributed by atoms with van der Waals surface area (Å²) in [5.41, 5.74) is 1.64. The topological polar surface area (TPSA) is 29.5 Å². The van der Waals surface area contributed by atoms with E-state index in [1.807, 2.05) is 12.1 Å². The Morgan fingerprint density at radius 2 is 1.88 bits per heavy atom. The van der Waals surface area contributed by atoms with Crippen molar-refractivity contribution in [2.45, 2.75) is 0 Å². The van der Waals surface area contributed by atoms with Crippen LogP contribution in [0, 0.1) is 0 Å². The monoisotopic (exact) mass is 268 g/mol. The van der Waals surface area contributed by atoms with Gasteiger partial charge in [0.2, 0.25) is 0 Å². The second-order valence-electron chi connectivity index (χ2n) is 3.49. The molecule has 0 fully saturated rings. The van der Waals surface area contributed by atoms with Crippen LogP contribution in [0.15, 0.2) is 36.4 Å². The number of rotatable bonds is 2. The van der Waals surface area contributed by atoms with E-state index in [1.165, 1.54) is 7.11 Å². The maximum atomic E-state index is 9.52. The van der Waals surface area contributed by atoms with Crippen LogP contribution in [0.2, 0.25) is 10.0 Å². The minimum atomic E-state index is 0.0920. The van der Waals surface area contributed by atoms with Gasteiger partial charge in [-0.3, -0.25) is 0 Å². The zero-order valence-corrected chi connectivity index (χ0v) is 10.6. The van der Waals surface area contributed by atoms with Crippen molar-refractivity contribution in [2.24, 2.45) is 0 Å². The SMILES string of the molecule is COc1cc(-c2cccc(Cl)c2Cl)ccc1O. The maximum Gasteiger partial charge on any atom is 0.161 e. The first-order chi connectivity index (χ1) is 8.13. The van der Waals surface area contributed by atoms with E-state index in [0.29, 0.717) is 15.8 Å². The van der Waals surface area contributed by atoms with Gasteiger partial charge in [-0.05, 0) is 23.8 Å². The molecule has 0 saturated carbocycles. The van der Waals surface area contributed by atoms with Gasteiger partial charge in [0.1, 0.15) is 0 Å². The van der Waals surface area contributed by atoms with Crippen molar-refractivity contribution in [1.82, 2.24) is 0 Å². The number of aromatic hydroxyl groups is 1. The van der Waals surface area contributed by atoms with Crippen LogP contribution in [0.4, 0.5) is 0 Å². The number of halogens is 2. The molecule has 0 aromatic heterocycles. The highest BCUT2D eigenvalue weighted by atomic mass is 35.5. The van der Waals surface area contributed by atoms with Crippen molar-refractivity contribution in [3.63, 3.8) is 0 Å². The average molecular weight is 269 g/mol. The lowest BCUT2D eigenvalue weighted by atomic mass is 10.1. The predicted octanol–water partition coefficient (Wildman–Crippen LogP) is 4.37. The van der Waals surface area contributed by atoms with Crippen molar-refractivity contribution < 1.29 is 9.84 Å². The van der Waals surface area contributed by atoms with Crippen LogP contribution in [0.5, 0.6) is 11.5 Å². The van der Waals surface area contributed by atoms with E-state index in [1.54, 1.807) is 24.3 Å². The third-order valence-electron chi connectivity index (χ3n) is 2.44. The van der Waals surface area contributed by atoms with E-state index in [-0.39, 0.29) is 5.75 Å². The van der Waals surface area contributed by atoms with Crippen molar-refractivity contribution in [1.29, 1.82) is 0 Å². The molecule has 2 aromatic carbocycles. The molecule has 0 bridgehead atoms. The number of hydrogen-bond acceptors (Lipinski definition) is 2. The van der Waals surface area contributed by atoms with Crippen molar-refractivity contribution >= 4 is 23.2 Å². The van der Waals surface area contributed by atoms with Crippen LogP contribution in [-0.2, 0) is 0 Å². The maximum absolute atomic E-state index is 9.52. The Bertz CT molecular complexity index is 553. The molecule has 0 heterocycles. The zero-order valence-electron chi connectivity index (χ0n) is 9.08. The molecule has 88 valence electrons. The number of phenols is 1. The first-order valence-corrected chi connectivity index (χ1v) is 5.70. The fourth-order valence-corrected chi connectivity index (χ4v) is 1.98. The van der Waals surface area contributed by atoms with E-state index in [4.69, 9.17) is 27.9 Å². The van der Waals surface area contributed by atoms with Gasteiger partial charge in [-0.1, -0.05) is 41.4 Å². The first-order valence-electron chi connectivity index (χ1n) is 4.95. The van der Waals surface area contributed by atoms with Crippen LogP contribution >= 0.6 is 23.2 Å². The Kier molecular flexibility index (Phi) is 3.46. The van der Waals surface area contributed by atoms with Crippen LogP contribution in [0.25, 0.3) is 11.1 Å². The van der Waals surface area contributed by atoms with E-state index in [2.05, 4.69) is 0 Å². The number of benzene rings is 2. The largest absolute Gasteiger partial charge is 0.504 e. The molecular formula is C13H10Cl2O2. The molecule has 0 spiro atoms. The van der Waals surface area contributed by atoms with Crippen LogP contribution < -0.4 is 4.74 Å². The second-order valence-corrected chi connectivity index (χ2v) is 4.27. The summed E-state index contributed by atoms with van der Waals surface area (Å²) in [5, 5.41) is 10.5. The van der Waals surface area contributed by atoms with Gasteiger partial charge >= 0.3 is 0 Å². The average Bonchev–Trinajstić information content (AvgIpc) is 2.34. The quantitative estimate of drug-likeness (QED) is 0.876.